The second-order valence-electron chi connectivity index (χ2n) is 8.76. The van der Waals surface area contributed by atoms with Crippen LogP contribution in [0.2, 0.25) is 0 Å². The van der Waals surface area contributed by atoms with Gasteiger partial charge in [0.05, 0.1) is 17.4 Å². The second-order valence-corrected chi connectivity index (χ2v) is 9.17. The van der Waals surface area contributed by atoms with Gasteiger partial charge in [0.15, 0.2) is 0 Å². The molecule has 36 heavy (non-hydrogen) atoms. The van der Waals surface area contributed by atoms with Crippen LogP contribution in [-0.2, 0) is 22.5 Å². The Morgan fingerprint density at radius 1 is 1.31 bits per heavy atom. The molecule has 1 aromatic carbocycles. The van der Waals surface area contributed by atoms with E-state index in [1.165, 1.54) is 12.1 Å². The maximum Gasteiger partial charge on any atom is 0.256 e. The van der Waals surface area contributed by atoms with Gasteiger partial charge in [0, 0.05) is 61.7 Å². The van der Waals surface area contributed by atoms with E-state index in [0.717, 1.165) is 11.6 Å². The topological polar surface area (TPSA) is 84.5 Å². The first-order valence-corrected chi connectivity index (χ1v) is 11.7. The minimum absolute atomic E-state index is 0.00358. The number of hydrogen-bond acceptors (Lipinski definition) is 6. The van der Waals surface area contributed by atoms with Gasteiger partial charge in [0.25, 0.3) is 5.91 Å². The van der Waals surface area contributed by atoms with Crippen LogP contribution in [0.1, 0.15) is 31.4 Å². The number of nitrogens with one attached hydrogen (secondary N) is 3. The second kappa shape index (κ2) is 12.2. The van der Waals surface area contributed by atoms with Gasteiger partial charge in [-0.05, 0) is 32.0 Å². The van der Waals surface area contributed by atoms with Crippen LogP contribution in [0.3, 0.4) is 0 Å². The molecule has 2 aromatic rings. The third-order valence-corrected chi connectivity index (χ3v) is 5.94. The number of rotatable bonds is 11. The summed E-state index contributed by atoms with van der Waals surface area (Å²) in [6.07, 6.45) is 0.185. The zero-order valence-corrected chi connectivity index (χ0v) is 21.1. The lowest BCUT2D eigenvalue weighted by Crippen LogP contribution is -2.39. The first-order chi connectivity index (χ1) is 17.1. The first-order valence-electron chi connectivity index (χ1n) is 11.3. The molecule has 7 nitrogen and oxygen atoms in total. The molecule has 0 unspecified atom stereocenters. The Bertz CT molecular complexity index is 1140. The van der Waals surface area contributed by atoms with E-state index in [-0.39, 0.29) is 21.8 Å². The average Bonchev–Trinajstić information content (AvgIpc) is 2.84. The summed E-state index contributed by atoms with van der Waals surface area (Å²) < 4.78 is 51.5. The Balaban J connectivity index is 1.81. The van der Waals surface area contributed by atoms with E-state index in [1.807, 2.05) is 13.8 Å². The van der Waals surface area contributed by atoms with Gasteiger partial charge in [-0.2, -0.15) is 0 Å². The molecule has 0 saturated heterocycles. The van der Waals surface area contributed by atoms with Crippen LogP contribution in [0.15, 0.2) is 47.9 Å². The number of thiocarbonyl (C=S) groups is 1. The minimum atomic E-state index is -2.74. The van der Waals surface area contributed by atoms with Crippen molar-refractivity contribution in [1.29, 1.82) is 0 Å². The molecule has 11 heteroatoms. The summed E-state index contributed by atoms with van der Waals surface area (Å²) in [5, 5.41) is 8.78. The van der Waals surface area contributed by atoms with Gasteiger partial charge in [-0.3, -0.25) is 9.78 Å². The molecule has 0 spiro atoms. The number of carbonyl (C=O) groups is 1. The highest BCUT2D eigenvalue weighted by atomic mass is 32.1. The fourth-order valence-electron chi connectivity index (χ4n) is 3.49. The fraction of sp³-hybridized carbons (Fsp3) is 0.400. The summed E-state index contributed by atoms with van der Waals surface area (Å²) in [5.41, 5.74) is 0.951. The maximum atomic E-state index is 14.2. The summed E-state index contributed by atoms with van der Waals surface area (Å²) >= 11 is 5.45. The Labute approximate surface area is 213 Å². The number of anilines is 1. The first kappa shape index (κ1) is 27.4. The third kappa shape index (κ3) is 7.17. The molecule has 1 aromatic heterocycles. The van der Waals surface area contributed by atoms with Gasteiger partial charge in [0.1, 0.15) is 23.2 Å². The van der Waals surface area contributed by atoms with Crippen LogP contribution in [-0.4, -0.2) is 48.2 Å². The quantitative estimate of drug-likeness (QED) is 0.383. The lowest BCUT2D eigenvalue weighted by Gasteiger charge is -2.25. The third-order valence-electron chi connectivity index (χ3n) is 5.63. The molecule has 1 amide bonds. The lowest BCUT2D eigenvalue weighted by molar-refractivity contribution is -0.117. The Morgan fingerprint density at radius 2 is 2.08 bits per heavy atom. The largest absolute Gasteiger partial charge is 0.489 e. The smallest absolute Gasteiger partial charge is 0.256 e. The number of ether oxygens (including phenoxy) is 2. The minimum Gasteiger partial charge on any atom is -0.489 e. The normalized spacial score (nSPS) is 14.0. The van der Waals surface area contributed by atoms with Crippen molar-refractivity contribution in [2.24, 2.45) is 0 Å². The van der Waals surface area contributed by atoms with E-state index in [9.17, 15) is 18.0 Å². The summed E-state index contributed by atoms with van der Waals surface area (Å²) in [7, 11) is 1.61. The van der Waals surface area contributed by atoms with Gasteiger partial charge in [-0.25, -0.2) is 13.2 Å². The highest BCUT2D eigenvalue weighted by Crippen LogP contribution is 2.25. The van der Waals surface area contributed by atoms with Gasteiger partial charge >= 0.3 is 0 Å². The molecule has 0 aliphatic carbocycles. The fourth-order valence-corrected chi connectivity index (χ4v) is 3.81. The summed E-state index contributed by atoms with van der Waals surface area (Å²) in [6, 6.07) is 5.74. The molecule has 2 heterocycles. The van der Waals surface area contributed by atoms with E-state index in [0.29, 0.717) is 37.6 Å². The van der Waals surface area contributed by atoms with Crippen LogP contribution in [0.4, 0.5) is 18.9 Å². The highest BCUT2D eigenvalue weighted by molar-refractivity contribution is 7.81. The van der Waals surface area contributed by atoms with Crippen molar-refractivity contribution in [3.8, 4) is 5.75 Å². The predicted octanol–water partition coefficient (Wildman–Crippen LogP) is 4.14. The van der Waals surface area contributed by atoms with Crippen LogP contribution < -0.4 is 20.7 Å². The molecule has 1 aliphatic rings. The Hall–Kier alpha value is -3.18. The van der Waals surface area contributed by atoms with Crippen molar-refractivity contribution in [2.45, 2.75) is 45.3 Å². The predicted molar refractivity (Wildman–Crippen MR) is 135 cm³/mol. The average molecular weight is 523 g/mol. The van der Waals surface area contributed by atoms with Gasteiger partial charge in [-0.1, -0.05) is 18.3 Å². The van der Waals surface area contributed by atoms with Crippen molar-refractivity contribution >= 4 is 28.8 Å². The number of aromatic nitrogens is 1. The zero-order chi connectivity index (χ0) is 26.3. The summed E-state index contributed by atoms with van der Waals surface area (Å²) in [6.45, 7) is 4.82. The van der Waals surface area contributed by atoms with Crippen LogP contribution in [0.25, 0.3) is 0 Å². The van der Waals surface area contributed by atoms with E-state index < -0.39 is 30.2 Å². The zero-order valence-electron chi connectivity index (χ0n) is 20.3. The van der Waals surface area contributed by atoms with Gasteiger partial charge in [-0.15, -0.1) is 0 Å². The summed E-state index contributed by atoms with van der Waals surface area (Å²) in [5.74, 6) is -0.624. The molecular weight excluding hydrogens is 493 g/mol. The molecule has 1 aliphatic heterocycles. The van der Waals surface area contributed by atoms with Crippen molar-refractivity contribution in [3.05, 3.63) is 64.9 Å². The number of carbonyl (C=O) groups excluding carboxylic acids is 1. The molecule has 0 radical (unpaired) electrons. The molecule has 194 valence electrons. The Kier molecular flexibility index (Phi) is 9.27. The van der Waals surface area contributed by atoms with Crippen molar-refractivity contribution in [3.63, 3.8) is 0 Å². The van der Waals surface area contributed by atoms with Gasteiger partial charge < -0.3 is 25.4 Å². The number of alkyl halides is 2. The van der Waals surface area contributed by atoms with E-state index in [1.54, 1.807) is 25.6 Å². The number of amides is 1. The van der Waals surface area contributed by atoms with Crippen molar-refractivity contribution in [1.82, 2.24) is 15.6 Å². The van der Waals surface area contributed by atoms with Crippen LogP contribution in [0.5, 0.6) is 5.75 Å². The van der Waals surface area contributed by atoms with E-state index in [2.05, 4.69) is 20.9 Å². The van der Waals surface area contributed by atoms with Crippen LogP contribution in [0, 0.1) is 5.82 Å². The summed E-state index contributed by atoms with van der Waals surface area (Å²) in [4.78, 5) is 16.8. The number of halogens is 3. The number of methoxy groups -OCH3 is 1. The Morgan fingerprint density at radius 3 is 2.81 bits per heavy atom. The van der Waals surface area contributed by atoms with Crippen molar-refractivity contribution < 1.29 is 27.4 Å². The SMILES string of the molecule is COC(C)(C)COc1cnccc1CNC1=C(C(=S)Nc2cccc(F)c2CC(F)F)C(=O)NCC1. The van der Waals surface area contributed by atoms with E-state index >= 15 is 0 Å². The number of hydrogen-bond donors (Lipinski definition) is 3. The van der Waals surface area contributed by atoms with E-state index in [4.69, 9.17) is 21.7 Å². The number of pyridine rings is 1. The molecule has 0 saturated carbocycles. The molecule has 0 bridgehead atoms. The molecule has 3 rings (SSSR count). The van der Waals surface area contributed by atoms with Gasteiger partial charge in [0.2, 0.25) is 6.43 Å². The number of benzene rings is 1. The molecule has 0 fully saturated rings. The maximum absolute atomic E-state index is 14.2. The van der Waals surface area contributed by atoms with Crippen LogP contribution >= 0.6 is 12.2 Å². The van der Waals surface area contributed by atoms with Crippen molar-refractivity contribution in [2.75, 3.05) is 25.6 Å². The monoisotopic (exact) mass is 522 g/mol. The number of nitrogens with zero attached hydrogens (tertiary/aromatic N) is 1. The molecule has 0 atom stereocenters. The molecule has 3 N–H and O–H groups in total. The standard InChI is InChI=1S/C25H29F3N4O3S/c1-25(2,34-3)14-35-20-13-29-9-7-15(20)12-31-19-8-10-30-23(33)22(19)24(36)32-18-6-4-5-17(26)16(18)11-21(27)28/h4-7,9,13,21,31H,8,10-12,14H2,1-3H3,(H,30,33)(H,32,36). The molecular formula is C25H29F3N4O3S. The highest BCUT2D eigenvalue weighted by Gasteiger charge is 2.26. The lowest BCUT2D eigenvalue weighted by atomic mass is 10.0.